The maximum absolute atomic E-state index is 6.39. The topological polar surface area (TPSA) is 9.23 Å². The van der Waals surface area contributed by atoms with Gasteiger partial charge in [-0.15, -0.1) is 0 Å². The Labute approximate surface area is 136 Å². The van der Waals surface area contributed by atoms with Crippen LogP contribution in [-0.4, -0.2) is 8.07 Å². The second-order valence-corrected chi connectivity index (χ2v) is 13.2. The summed E-state index contributed by atoms with van der Waals surface area (Å²) < 4.78 is 7.42. The molecule has 0 aromatic heterocycles. The summed E-state index contributed by atoms with van der Waals surface area (Å²) in [5.41, 5.74) is 2.51. The Morgan fingerprint density at radius 2 is 1.48 bits per heavy atom. The van der Waals surface area contributed by atoms with Gasteiger partial charge in [0.2, 0.25) is 0 Å². The minimum atomic E-state index is -1.45. The summed E-state index contributed by atoms with van der Waals surface area (Å²) in [5, 5.41) is 1.40. The predicted octanol–water partition coefficient (Wildman–Crippen LogP) is 5.43. The van der Waals surface area contributed by atoms with Gasteiger partial charge < -0.3 is 4.74 Å². The number of ether oxygens (including phenoxy) is 1. The van der Waals surface area contributed by atoms with Crippen molar-refractivity contribution in [3.63, 3.8) is 0 Å². The van der Waals surface area contributed by atoms with Crippen LogP contribution < -0.4 is 9.92 Å². The Hall–Kier alpha value is -1.06. The summed E-state index contributed by atoms with van der Waals surface area (Å²) in [6.07, 6.45) is 0. The molecule has 1 nitrogen and oxygen atoms in total. The summed E-state index contributed by atoms with van der Waals surface area (Å²) in [4.78, 5) is 0. The van der Waals surface area contributed by atoms with Crippen LogP contribution in [0.25, 0.3) is 0 Å². The lowest BCUT2D eigenvalue weighted by atomic mass is 9.76. The van der Waals surface area contributed by atoms with Gasteiger partial charge in [-0.25, -0.2) is 0 Å². The van der Waals surface area contributed by atoms with Crippen LogP contribution in [0.4, 0.5) is 0 Å². The fourth-order valence-electron chi connectivity index (χ4n) is 3.08. The van der Waals surface area contributed by atoms with Crippen LogP contribution in [0.5, 0.6) is 11.5 Å². The van der Waals surface area contributed by atoms with Crippen LogP contribution in [-0.2, 0) is 5.41 Å². The number of fused-ring (bicyclic) bond motifs is 2. The Morgan fingerprint density at radius 3 is 2.10 bits per heavy atom. The second kappa shape index (κ2) is 4.72. The van der Waals surface area contributed by atoms with Crippen molar-refractivity contribution in [3.05, 3.63) is 52.0 Å². The highest BCUT2D eigenvalue weighted by Gasteiger charge is 2.37. The average Bonchev–Trinajstić information content (AvgIpc) is 2.39. The molecule has 0 unspecified atom stereocenters. The minimum Gasteiger partial charge on any atom is -0.456 e. The standard InChI is InChI=1S/C18H21BrOSi/c1-18(2)12-8-6-10-14(19)16(12)20-17-13(18)9-7-11-15(17)21(3,4)5/h6-11H,1-5H3. The average molecular weight is 361 g/mol. The predicted molar refractivity (Wildman–Crippen MR) is 95.8 cm³/mol. The van der Waals surface area contributed by atoms with Gasteiger partial charge in [0.25, 0.3) is 0 Å². The van der Waals surface area contributed by atoms with Crippen molar-refractivity contribution < 1.29 is 4.74 Å². The van der Waals surface area contributed by atoms with Gasteiger partial charge in [-0.2, -0.15) is 0 Å². The van der Waals surface area contributed by atoms with Gasteiger partial charge in [0.05, 0.1) is 12.5 Å². The Kier molecular flexibility index (Phi) is 3.34. The maximum Gasteiger partial charge on any atom is 0.145 e. The van der Waals surface area contributed by atoms with Crippen molar-refractivity contribution in [1.29, 1.82) is 0 Å². The monoisotopic (exact) mass is 360 g/mol. The molecule has 3 heteroatoms. The van der Waals surface area contributed by atoms with Crippen molar-refractivity contribution in [2.75, 3.05) is 0 Å². The SMILES string of the molecule is CC1(C)c2cccc(Br)c2Oc2c1cccc2[Si](C)(C)C. The third-order valence-electron chi connectivity index (χ3n) is 4.34. The molecule has 0 bridgehead atoms. The quantitative estimate of drug-likeness (QED) is 0.616. The zero-order valence-corrected chi connectivity index (χ0v) is 15.8. The van der Waals surface area contributed by atoms with Gasteiger partial charge in [-0.05, 0) is 27.2 Å². The first-order valence-corrected chi connectivity index (χ1v) is 11.6. The molecule has 0 aliphatic carbocycles. The molecule has 3 rings (SSSR count). The number of rotatable bonds is 1. The van der Waals surface area contributed by atoms with Crippen LogP contribution in [0.15, 0.2) is 40.9 Å². The summed E-state index contributed by atoms with van der Waals surface area (Å²) in [7, 11) is -1.45. The second-order valence-electron chi connectivity index (χ2n) is 7.28. The number of benzene rings is 2. The van der Waals surface area contributed by atoms with Crippen LogP contribution in [0, 0.1) is 0 Å². The Bertz CT molecular complexity index is 714. The summed E-state index contributed by atoms with van der Waals surface area (Å²) >= 11 is 3.65. The molecule has 0 saturated carbocycles. The molecule has 2 aromatic carbocycles. The van der Waals surface area contributed by atoms with Crippen LogP contribution >= 0.6 is 15.9 Å². The van der Waals surface area contributed by atoms with Gasteiger partial charge in [0.1, 0.15) is 11.5 Å². The number of hydrogen-bond acceptors (Lipinski definition) is 1. The van der Waals surface area contributed by atoms with Gasteiger partial charge in [0.15, 0.2) is 0 Å². The Morgan fingerprint density at radius 1 is 0.905 bits per heavy atom. The molecule has 1 aliphatic heterocycles. The molecular weight excluding hydrogens is 340 g/mol. The fourth-order valence-corrected chi connectivity index (χ4v) is 4.99. The zero-order valence-electron chi connectivity index (χ0n) is 13.3. The van der Waals surface area contributed by atoms with E-state index in [-0.39, 0.29) is 5.41 Å². The molecule has 2 aromatic rings. The van der Waals surface area contributed by atoms with Crippen molar-refractivity contribution in [3.8, 4) is 11.5 Å². The fraction of sp³-hybridized carbons (Fsp3) is 0.333. The van der Waals surface area contributed by atoms with Crippen molar-refractivity contribution in [2.45, 2.75) is 38.9 Å². The molecule has 0 atom stereocenters. The van der Waals surface area contributed by atoms with E-state index in [1.165, 1.54) is 16.3 Å². The first kappa shape index (κ1) is 14.9. The molecule has 0 saturated heterocycles. The maximum atomic E-state index is 6.39. The lowest BCUT2D eigenvalue weighted by Gasteiger charge is -2.37. The van der Waals surface area contributed by atoms with E-state index in [1.807, 2.05) is 0 Å². The molecule has 0 fully saturated rings. The van der Waals surface area contributed by atoms with Gasteiger partial charge in [-0.3, -0.25) is 0 Å². The lowest BCUT2D eigenvalue weighted by molar-refractivity contribution is 0.418. The number of halogens is 1. The van der Waals surface area contributed by atoms with Crippen molar-refractivity contribution >= 4 is 29.2 Å². The highest BCUT2D eigenvalue weighted by Crippen LogP contribution is 2.49. The Balaban J connectivity index is 2.31. The number of para-hydroxylation sites is 2. The van der Waals surface area contributed by atoms with Crippen molar-refractivity contribution in [1.82, 2.24) is 0 Å². The molecule has 0 radical (unpaired) electrons. The molecule has 21 heavy (non-hydrogen) atoms. The van der Waals surface area contributed by atoms with E-state index < -0.39 is 8.07 Å². The molecule has 110 valence electrons. The molecule has 0 amide bonds. The summed E-state index contributed by atoms with van der Waals surface area (Å²) in [5.74, 6) is 2.06. The van der Waals surface area contributed by atoms with Gasteiger partial charge in [0, 0.05) is 16.5 Å². The van der Waals surface area contributed by atoms with E-state index in [0.717, 1.165) is 16.0 Å². The van der Waals surface area contributed by atoms with Crippen LogP contribution in [0.1, 0.15) is 25.0 Å². The minimum absolute atomic E-state index is 0.0393. The third kappa shape index (κ3) is 2.27. The zero-order chi connectivity index (χ0) is 15.4. The van der Waals surface area contributed by atoms with E-state index >= 15 is 0 Å². The third-order valence-corrected chi connectivity index (χ3v) is 6.98. The normalized spacial score (nSPS) is 15.9. The van der Waals surface area contributed by atoms with E-state index in [1.54, 1.807) is 0 Å². The molecule has 1 aliphatic rings. The van der Waals surface area contributed by atoms with Gasteiger partial charge >= 0.3 is 0 Å². The molecule has 1 heterocycles. The van der Waals surface area contributed by atoms with E-state index in [9.17, 15) is 0 Å². The van der Waals surface area contributed by atoms with E-state index in [0.29, 0.717) is 0 Å². The van der Waals surface area contributed by atoms with Crippen molar-refractivity contribution in [2.24, 2.45) is 0 Å². The molecular formula is C18H21BrOSi. The number of hydrogen-bond donors (Lipinski definition) is 0. The van der Waals surface area contributed by atoms with Gasteiger partial charge in [-0.1, -0.05) is 63.8 Å². The van der Waals surface area contributed by atoms with Crippen LogP contribution in [0.2, 0.25) is 19.6 Å². The highest BCUT2D eigenvalue weighted by molar-refractivity contribution is 9.10. The first-order valence-electron chi connectivity index (χ1n) is 7.34. The van der Waals surface area contributed by atoms with E-state index in [4.69, 9.17) is 4.74 Å². The smallest absolute Gasteiger partial charge is 0.145 e. The van der Waals surface area contributed by atoms with Crippen LogP contribution in [0.3, 0.4) is 0 Å². The summed E-state index contributed by atoms with van der Waals surface area (Å²) in [6.45, 7) is 11.7. The highest BCUT2D eigenvalue weighted by atomic mass is 79.9. The summed E-state index contributed by atoms with van der Waals surface area (Å²) in [6, 6.07) is 12.9. The lowest BCUT2D eigenvalue weighted by Crippen LogP contribution is -2.41. The molecule has 0 spiro atoms. The molecule has 0 N–H and O–H groups in total. The van der Waals surface area contributed by atoms with E-state index in [2.05, 4.69) is 85.8 Å². The first-order chi connectivity index (χ1) is 9.73. The largest absolute Gasteiger partial charge is 0.456 e.